The van der Waals surface area contributed by atoms with Crippen molar-refractivity contribution >= 4 is 35.4 Å². The van der Waals surface area contributed by atoms with Gasteiger partial charge in [-0.3, -0.25) is 24.6 Å². The van der Waals surface area contributed by atoms with Gasteiger partial charge in [-0.15, -0.1) is 0 Å². The summed E-state index contributed by atoms with van der Waals surface area (Å²) in [5, 5.41) is 11.4. The first-order chi connectivity index (χ1) is 17.5. The number of nitro benzene ring substituents is 1. The zero-order valence-electron chi connectivity index (χ0n) is 22.4. The van der Waals surface area contributed by atoms with Gasteiger partial charge in [0.05, 0.1) is 17.7 Å². The molecule has 14 heteroatoms. The lowest BCUT2D eigenvalue weighted by Gasteiger charge is -2.43. The summed E-state index contributed by atoms with van der Waals surface area (Å²) in [5.41, 5.74) is -1.32. The Morgan fingerprint density at radius 2 is 1.63 bits per heavy atom. The molecule has 0 bridgehead atoms. The van der Waals surface area contributed by atoms with E-state index in [-0.39, 0.29) is 17.1 Å². The van der Waals surface area contributed by atoms with Crippen molar-refractivity contribution in [2.45, 2.75) is 71.7 Å². The van der Waals surface area contributed by atoms with Crippen molar-refractivity contribution in [3.8, 4) is 5.75 Å². The highest BCUT2D eigenvalue weighted by Crippen LogP contribution is 2.37. The van der Waals surface area contributed by atoms with Gasteiger partial charge >= 0.3 is 24.0 Å². The number of anilines is 1. The SMILES string of the molecule is COC(=O)[C@H]1O[C@@H](Oc2ccc([N+](=O)[O-])cc2N(C)C(=O)OC(C)(C)C)[C@H](OC(C)=O)[C@@H](OC(C)=O)[C@@H]1C. The molecule has 14 nitrogen and oxygen atoms in total. The van der Waals surface area contributed by atoms with Crippen molar-refractivity contribution in [2.75, 3.05) is 19.1 Å². The number of esters is 3. The zero-order valence-corrected chi connectivity index (χ0v) is 22.4. The molecule has 1 saturated heterocycles. The van der Waals surface area contributed by atoms with Crippen molar-refractivity contribution in [3.05, 3.63) is 28.3 Å². The first-order valence-electron chi connectivity index (χ1n) is 11.5. The number of ether oxygens (including phenoxy) is 6. The normalized spacial score (nSPS) is 23.0. The van der Waals surface area contributed by atoms with Gasteiger partial charge in [0.1, 0.15) is 11.4 Å². The van der Waals surface area contributed by atoms with Crippen LogP contribution in [-0.2, 0) is 38.1 Å². The van der Waals surface area contributed by atoms with E-state index in [0.29, 0.717) is 0 Å². The summed E-state index contributed by atoms with van der Waals surface area (Å²) in [5.74, 6) is -3.23. The summed E-state index contributed by atoms with van der Waals surface area (Å²) in [6.07, 6.45) is -6.25. The molecule has 1 amide bonds. The van der Waals surface area contributed by atoms with E-state index in [2.05, 4.69) is 0 Å². The predicted molar refractivity (Wildman–Crippen MR) is 129 cm³/mol. The smallest absolute Gasteiger partial charge is 0.414 e. The van der Waals surface area contributed by atoms with Gasteiger partial charge in [-0.05, 0) is 26.8 Å². The van der Waals surface area contributed by atoms with Crippen LogP contribution in [0.1, 0.15) is 41.5 Å². The molecule has 0 saturated carbocycles. The number of benzene rings is 1. The second kappa shape index (κ2) is 12.1. The average Bonchev–Trinajstić information content (AvgIpc) is 2.80. The van der Waals surface area contributed by atoms with Gasteiger partial charge in [-0.1, -0.05) is 6.92 Å². The fourth-order valence-electron chi connectivity index (χ4n) is 3.67. The van der Waals surface area contributed by atoms with Crippen LogP contribution < -0.4 is 9.64 Å². The summed E-state index contributed by atoms with van der Waals surface area (Å²) < 4.78 is 32.6. The maximum atomic E-state index is 12.8. The Morgan fingerprint density at radius 3 is 2.13 bits per heavy atom. The average molecular weight is 541 g/mol. The minimum Gasteiger partial charge on any atom is -0.467 e. The molecule has 0 aliphatic carbocycles. The molecule has 210 valence electrons. The van der Waals surface area contributed by atoms with Gasteiger partial charge in [0, 0.05) is 38.9 Å². The Balaban J connectivity index is 2.59. The first kappa shape index (κ1) is 30.3. The van der Waals surface area contributed by atoms with E-state index < -0.39 is 65.0 Å². The first-order valence-corrected chi connectivity index (χ1v) is 11.5. The van der Waals surface area contributed by atoms with Crippen LogP contribution >= 0.6 is 0 Å². The van der Waals surface area contributed by atoms with Crippen molar-refractivity contribution in [3.63, 3.8) is 0 Å². The van der Waals surface area contributed by atoms with Crippen molar-refractivity contribution < 1.29 is 52.5 Å². The molecule has 2 rings (SSSR count). The number of methoxy groups -OCH3 is 1. The van der Waals surface area contributed by atoms with Crippen LogP contribution in [0, 0.1) is 16.0 Å². The second-order valence-electron chi connectivity index (χ2n) is 9.52. The lowest BCUT2D eigenvalue weighted by molar-refractivity contribution is -0.384. The van der Waals surface area contributed by atoms with Crippen molar-refractivity contribution in [1.82, 2.24) is 0 Å². The van der Waals surface area contributed by atoms with Crippen LogP contribution in [0.4, 0.5) is 16.2 Å². The summed E-state index contributed by atoms with van der Waals surface area (Å²) in [4.78, 5) is 60.7. The monoisotopic (exact) mass is 540 g/mol. The Labute approximate surface area is 219 Å². The number of nitro groups is 1. The molecule has 1 aliphatic rings. The maximum absolute atomic E-state index is 12.8. The largest absolute Gasteiger partial charge is 0.467 e. The Hall–Kier alpha value is -3.94. The number of amides is 1. The molecule has 1 fully saturated rings. The molecule has 1 aromatic rings. The minimum atomic E-state index is -1.56. The van der Waals surface area contributed by atoms with E-state index in [1.165, 1.54) is 20.0 Å². The number of hydrogen-bond acceptors (Lipinski definition) is 12. The van der Waals surface area contributed by atoms with Gasteiger partial charge in [0.2, 0.25) is 12.4 Å². The van der Waals surface area contributed by atoms with Gasteiger partial charge in [0.15, 0.2) is 12.2 Å². The summed E-state index contributed by atoms with van der Waals surface area (Å²) >= 11 is 0. The second-order valence-corrected chi connectivity index (χ2v) is 9.52. The van der Waals surface area contributed by atoms with Gasteiger partial charge in [-0.2, -0.15) is 0 Å². The maximum Gasteiger partial charge on any atom is 0.414 e. The van der Waals surface area contributed by atoms with Crippen molar-refractivity contribution in [1.29, 1.82) is 0 Å². The number of non-ortho nitro benzene ring substituents is 1. The molecule has 5 atom stereocenters. The van der Waals surface area contributed by atoms with Crippen LogP contribution in [0.3, 0.4) is 0 Å². The number of hydrogen-bond donors (Lipinski definition) is 0. The molecule has 1 aromatic carbocycles. The Bertz CT molecular complexity index is 1080. The molecule has 0 spiro atoms. The highest BCUT2D eigenvalue weighted by Gasteiger charge is 2.52. The van der Waals surface area contributed by atoms with Crippen LogP contribution in [-0.4, -0.2) is 73.3 Å². The zero-order chi connectivity index (χ0) is 28.9. The third-order valence-electron chi connectivity index (χ3n) is 5.33. The summed E-state index contributed by atoms with van der Waals surface area (Å²) in [7, 11) is 2.45. The molecular formula is C24H32N2O12. The number of rotatable bonds is 7. The highest BCUT2D eigenvalue weighted by molar-refractivity contribution is 5.90. The number of carbonyl (C=O) groups excluding carboxylic acids is 4. The molecule has 0 N–H and O–H groups in total. The van der Waals surface area contributed by atoms with E-state index in [4.69, 9.17) is 28.4 Å². The minimum absolute atomic E-state index is 0.0871. The topological polar surface area (TPSA) is 170 Å². The van der Waals surface area contributed by atoms with E-state index in [9.17, 15) is 29.3 Å². The van der Waals surface area contributed by atoms with Crippen LogP contribution in [0.2, 0.25) is 0 Å². The quantitative estimate of drug-likeness (QED) is 0.215. The van der Waals surface area contributed by atoms with Crippen LogP contribution in [0.5, 0.6) is 5.75 Å². The number of nitrogens with zero attached hydrogens (tertiary/aromatic N) is 2. The third-order valence-corrected chi connectivity index (χ3v) is 5.33. The summed E-state index contributed by atoms with van der Waals surface area (Å²) in [6.45, 7) is 8.73. The molecule has 0 radical (unpaired) electrons. The molecule has 0 aromatic heterocycles. The summed E-state index contributed by atoms with van der Waals surface area (Å²) in [6, 6.07) is 3.40. The van der Waals surface area contributed by atoms with Gasteiger partial charge in [-0.25, -0.2) is 9.59 Å². The molecular weight excluding hydrogens is 508 g/mol. The van der Waals surface area contributed by atoms with Crippen LogP contribution in [0.15, 0.2) is 18.2 Å². The van der Waals surface area contributed by atoms with Crippen molar-refractivity contribution in [2.24, 2.45) is 5.92 Å². The van der Waals surface area contributed by atoms with Crippen LogP contribution in [0.25, 0.3) is 0 Å². The van der Waals surface area contributed by atoms with Gasteiger partial charge < -0.3 is 28.4 Å². The molecule has 1 heterocycles. The van der Waals surface area contributed by atoms with E-state index >= 15 is 0 Å². The standard InChI is InChI=1S/C24H32N2O12/c1-12-18(34-13(2)27)20(35-14(3)28)22(37-19(12)21(29)33-8)36-17-10-9-15(26(31)32)11-16(17)25(7)23(30)38-24(4,5)6/h9-12,18-20,22H,1-8H3/t12-,18-,19-,20+,22+/m0/s1. The Morgan fingerprint density at radius 1 is 1.05 bits per heavy atom. The van der Waals surface area contributed by atoms with E-state index in [1.54, 1.807) is 20.8 Å². The molecule has 38 heavy (non-hydrogen) atoms. The number of carbonyl (C=O) groups is 4. The van der Waals surface area contributed by atoms with Gasteiger partial charge in [0.25, 0.3) is 5.69 Å². The highest BCUT2D eigenvalue weighted by atomic mass is 16.7. The third kappa shape index (κ3) is 7.54. The van der Waals surface area contributed by atoms with E-state index in [1.807, 2.05) is 0 Å². The fourth-order valence-corrected chi connectivity index (χ4v) is 3.67. The predicted octanol–water partition coefficient (Wildman–Crippen LogP) is 2.74. The lowest BCUT2D eigenvalue weighted by atomic mass is 9.90. The fraction of sp³-hybridized carbons (Fsp3) is 0.583. The molecule has 0 unspecified atom stereocenters. The Kier molecular flexibility index (Phi) is 9.62. The lowest BCUT2D eigenvalue weighted by Crippen LogP contribution is -2.60. The molecule has 1 aliphatic heterocycles. The van der Waals surface area contributed by atoms with E-state index in [0.717, 1.165) is 38.0 Å².